The van der Waals surface area contributed by atoms with Crippen LogP contribution in [0.15, 0.2) is 24.3 Å². The number of benzene rings is 1. The van der Waals surface area contributed by atoms with E-state index in [1.807, 2.05) is 4.89 Å². The number of ether oxygens (including phenoxy) is 1. The van der Waals surface area contributed by atoms with Crippen LogP contribution in [0.25, 0.3) is 0 Å². The van der Waals surface area contributed by atoms with Crippen LogP contribution in [0.4, 0.5) is 0 Å². The minimum Gasteiger partial charge on any atom is -0.497 e. The minimum absolute atomic E-state index is 0.370. The first-order chi connectivity index (χ1) is 8.10. The zero-order valence-electron chi connectivity index (χ0n) is 9.03. The number of thiol groups is 1. The standard InChI is InChI=1S/C10H13NO5S/c1-15-7-4-2-6(3-5-7)8(12)9(13)10(14)16-11-17/h2-5,8-9,11-13,17H,1H3/t8?,9-/m1/s1. The van der Waals surface area contributed by atoms with Gasteiger partial charge in [0.2, 0.25) is 0 Å². The van der Waals surface area contributed by atoms with Crippen molar-refractivity contribution in [3.05, 3.63) is 29.8 Å². The Hall–Kier alpha value is -1.28. The number of aliphatic hydroxyl groups is 2. The van der Waals surface area contributed by atoms with E-state index in [-0.39, 0.29) is 0 Å². The highest BCUT2D eigenvalue weighted by Gasteiger charge is 2.27. The van der Waals surface area contributed by atoms with Gasteiger partial charge in [0.1, 0.15) is 11.9 Å². The summed E-state index contributed by atoms with van der Waals surface area (Å²) in [4.78, 5) is 17.2. The van der Waals surface area contributed by atoms with Crippen molar-refractivity contribution in [1.29, 1.82) is 0 Å². The molecule has 0 spiro atoms. The van der Waals surface area contributed by atoms with E-state index in [2.05, 4.69) is 17.7 Å². The summed E-state index contributed by atoms with van der Waals surface area (Å²) < 4.78 is 4.94. The fourth-order valence-corrected chi connectivity index (χ4v) is 1.31. The Kier molecular flexibility index (Phi) is 5.23. The van der Waals surface area contributed by atoms with Crippen LogP contribution in [0.3, 0.4) is 0 Å². The molecule has 0 bridgehead atoms. The van der Waals surface area contributed by atoms with Gasteiger partial charge in [-0.2, -0.15) is 0 Å². The van der Waals surface area contributed by atoms with Gasteiger partial charge in [-0.05, 0) is 17.7 Å². The largest absolute Gasteiger partial charge is 0.497 e. The third-order valence-electron chi connectivity index (χ3n) is 2.14. The third-order valence-corrected chi connectivity index (χ3v) is 2.24. The zero-order chi connectivity index (χ0) is 12.8. The quantitative estimate of drug-likeness (QED) is 0.439. The second-order valence-corrected chi connectivity index (χ2v) is 3.36. The lowest BCUT2D eigenvalue weighted by Gasteiger charge is -2.16. The first kappa shape index (κ1) is 13.8. The van der Waals surface area contributed by atoms with E-state index in [0.29, 0.717) is 11.3 Å². The van der Waals surface area contributed by atoms with Gasteiger partial charge >= 0.3 is 5.97 Å². The smallest absolute Gasteiger partial charge is 0.357 e. The van der Waals surface area contributed by atoms with Crippen LogP contribution in [0.1, 0.15) is 11.7 Å². The number of carbonyl (C=O) groups excluding carboxylic acids is 1. The number of methoxy groups -OCH3 is 1. The highest BCUT2D eigenvalue weighted by atomic mass is 32.1. The maximum absolute atomic E-state index is 11.1. The molecule has 0 saturated heterocycles. The normalized spacial score (nSPS) is 13.9. The van der Waals surface area contributed by atoms with Gasteiger partial charge in [0.25, 0.3) is 0 Å². The van der Waals surface area contributed by atoms with Gasteiger partial charge < -0.3 is 19.8 Å². The second-order valence-electron chi connectivity index (χ2n) is 3.18. The van der Waals surface area contributed by atoms with Gasteiger partial charge in [-0.15, -0.1) is 0 Å². The highest BCUT2D eigenvalue weighted by molar-refractivity contribution is 7.77. The Bertz CT molecular complexity index is 369. The molecule has 1 rings (SSSR count). The van der Waals surface area contributed by atoms with Crippen molar-refractivity contribution >= 4 is 18.8 Å². The molecule has 0 heterocycles. The lowest BCUT2D eigenvalue weighted by molar-refractivity contribution is -0.163. The summed E-state index contributed by atoms with van der Waals surface area (Å²) in [6.07, 6.45) is -3.07. The van der Waals surface area contributed by atoms with Crippen LogP contribution in [0.5, 0.6) is 5.75 Å². The van der Waals surface area contributed by atoms with Crippen LogP contribution < -0.4 is 9.62 Å². The highest BCUT2D eigenvalue weighted by Crippen LogP contribution is 2.20. The Morgan fingerprint density at radius 1 is 1.35 bits per heavy atom. The molecular formula is C10H13NO5S. The van der Waals surface area contributed by atoms with Crippen molar-refractivity contribution in [2.75, 3.05) is 7.11 Å². The zero-order valence-corrected chi connectivity index (χ0v) is 9.92. The monoisotopic (exact) mass is 259 g/mol. The fraction of sp³-hybridized carbons (Fsp3) is 0.300. The van der Waals surface area contributed by atoms with Crippen molar-refractivity contribution in [3.63, 3.8) is 0 Å². The molecule has 6 nitrogen and oxygen atoms in total. The molecule has 94 valence electrons. The molecule has 1 unspecified atom stereocenters. The van der Waals surface area contributed by atoms with Gasteiger partial charge in [0.15, 0.2) is 6.10 Å². The van der Waals surface area contributed by atoms with E-state index < -0.39 is 18.2 Å². The van der Waals surface area contributed by atoms with E-state index in [0.717, 1.165) is 0 Å². The number of hydrogen-bond acceptors (Lipinski definition) is 7. The summed E-state index contributed by atoms with van der Waals surface area (Å²) in [6, 6.07) is 6.28. The van der Waals surface area contributed by atoms with Gasteiger partial charge in [-0.1, -0.05) is 29.8 Å². The van der Waals surface area contributed by atoms with Crippen molar-refractivity contribution in [2.24, 2.45) is 0 Å². The summed E-state index contributed by atoms with van der Waals surface area (Å²) >= 11 is 3.43. The first-order valence-electron chi connectivity index (χ1n) is 4.70. The topological polar surface area (TPSA) is 88.0 Å². The summed E-state index contributed by atoms with van der Waals surface area (Å²) in [5.74, 6) is -0.418. The molecule has 0 saturated carbocycles. The predicted octanol–water partition coefficient (Wildman–Crippen LogP) is -0.0179. The molecule has 1 aromatic rings. The average Bonchev–Trinajstić information content (AvgIpc) is 2.37. The summed E-state index contributed by atoms with van der Waals surface area (Å²) in [6.45, 7) is 0. The van der Waals surface area contributed by atoms with Gasteiger partial charge in [0, 0.05) is 0 Å². The minimum atomic E-state index is -1.69. The average molecular weight is 259 g/mol. The van der Waals surface area contributed by atoms with E-state index in [1.54, 1.807) is 12.1 Å². The Balaban J connectivity index is 2.73. The molecule has 0 aliphatic rings. The number of hydrogen-bond donors (Lipinski definition) is 4. The Morgan fingerprint density at radius 2 is 1.94 bits per heavy atom. The molecule has 3 N–H and O–H groups in total. The summed E-state index contributed by atoms with van der Waals surface area (Å²) in [7, 11) is 1.51. The molecule has 0 aliphatic carbocycles. The summed E-state index contributed by atoms with van der Waals surface area (Å²) in [5, 5.41) is 19.2. The molecule has 1 aromatic carbocycles. The molecule has 0 fully saturated rings. The molecule has 0 radical (unpaired) electrons. The lowest BCUT2D eigenvalue weighted by atomic mass is 10.0. The van der Waals surface area contributed by atoms with E-state index >= 15 is 0 Å². The predicted molar refractivity (Wildman–Crippen MR) is 62.2 cm³/mol. The Morgan fingerprint density at radius 3 is 2.41 bits per heavy atom. The van der Waals surface area contributed by atoms with Crippen LogP contribution in [0.2, 0.25) is 0 Å². The fourth-order valence-electron chi connectivity index (χ4n) is 1.22. The molecule has 17 heavy (non-hydrogen) atoms. The van der Waals surface area contributed by atoms with Crippen molar-refractivity contribution in [2.45, 2.75) is 12.2 Å². The molecule has 7 heteroatoms. The van der Waals surface area contributed by atoms with Crippen LogP contribution in [-0.4, -0.2) is 29.4 Å². The van der Waals surface area contributed by atoms with E-state index in [9.17, 15) is 15.0 Å². The number of nitrogens with one attached hydrogen (secondary N) is 1. The van der Waals surface area contributed by atoms with Crippen molar-refractivity contribution < 1.29 is 24.6 Å². The number of carbonyl (C=O) groups is 1. The van der Waals surface area contributed by atoms with Crippen molar-refractivity contribution in [3.8, 4) is 5.75 Å². The van der Waals surface area contributed by atoms with Crippen LogP contribution in [-0.2, 0) is 9.63 Å². The van der Waals surface area contributed by atoms with Gasteiger partial charge in [-0.3, -0.25) is 0 Å². The van der Waals surface area contributed by atoms with Gasteiger partial charge in [-0.25, -0.2) is 4.79 Å². The SMILES string of the molecule is COc1ccc(C(O)[C@@H](O)C(=O)ONS)cc1. The maximum atomic E-state index is 11.1. The number of aliphatic hydroxyl groups excluding tert-OH is 2. The molecule has 0 aromatic heterocycles. The molecular weight excluding hydrogens is 246 g/mol. The first-order valence-corrected chi connectivity index (χ1v) is 5.14. The van der Waals surface area contributed by atoms with Crippen LogP contribution in [0, 0.1) is 0 Å². The number of rotatable bonds is 5. The third kappa shape index (κ3) is 3.60. The Labute approximate surface area is 104 Å². The van der Waals surface area contributed by atoms with E-state index in [4.69, 9.17) is 4.74 Å². The molecule has 0 aliphatic heterocycles. The second kappa shape index (κ2) is 6.45. The van der Waals surface area contributed by atoms with E-state index in [1.165, 1.54) is 19.2 Å². The summed E-state index contributed by atoms with van der Waals surface area (Å²) in [5.41, 5.74) is 0.370. The van der Waals surface area contributed by atoms with Gasteiger partial charge in [0.05, 0.1) is 7.11 Å². The lowest BCUT2D eigenvalue weighted by Crippen LogP contribution is -2.31. The van der Waals surface area contributed by atoms with Crippen molar-refractivity contribution in [1.82, 2.24) is 4.89 Å². The van der Waals surface area contributed by atoms with Crippen LogP contribution >= 0.6 is 12.8 Å². The molecule has 0 amide bonds. The maximum Gasteiger partial charge on any atom is 0.357 e. The molecule has 2 atom stereocenters.